The average molecular weight is 515 g/mol. The Morgan fingerprint density at radius 2 is 1.43 bits per heavy atom. The van der Waals surface area contributed by atoms with Crippen molar-refractivity contribution in [3.05, 3.63) is 89.5 Å². The van der Waals surface area contributed by atoms with Crippen molar-refractivity contribution >= 4 is 28.9 Å². The van der Waals surface area contributed by atoms with E-state index in [0.29, 0.717) is 41.8 Å². The van der Waals surface area contributed by atoms with E-state index in [0.717, 1.165) is 11.6 Å². The predicted octanol–water partition coefficient (Wildman–Crippen LogP) is 5.50. The van der Waals surface area contributed by atoms with Crippen molar-refractivity contribution in [3.8, 4) is 11.5 Å². The van der Waals surface area contributed by atoms with Crippen molar-refractivity contribution in [1.82, 2.24) is 0 Å². The van der Waals surface area contributed by atoms with Crippen LogP contribution in [0, 0.1) is 0 Å². The molecule has 0 unspecified atom stereocenters. The number of ether oxygens (including phenoxy) is 2. The minimum Gasteiger partial charge on any atom is -0.484 e. The first-order valence-electron chi connectivity index (χ1n) is 11.2. The highest BCUT2D eigenvalue weighted by atomic mass is 19.4. The summed E-state index contributed by atoms with van der Waals surface area (Å²) in [6.45, 7) is -1.43. The molecule has 0 heterocycles. The molecular formula is C27H25F3N2O5. The number of carbonyl (C=O) groups excluding carboxylic acids is 1. The van der Waals surface area contributed by atoms with Crippen molar-refractivity contribution in [2.75, 3.05) is 18.1 Å². The molecule has 0 aliphatic heterocycles. The summed E-state index contributed by atoms with van der Waals surface area (Å²) in [5.41, 5.74) is 15.1. The Balaban J connectivity index is 1.61. The lowest BCUT2D eigenvalue weighted by Gasteiger charge is -2.11. The van der Waals surface area contributed by atoms with Crippen LogP contribution in [-0.4, -0.2) is 29.8 Å². The molecule has 5 N–H and O–H groups in total. The lowest BCUT2D eigenvalue weighted by atomic mass is 9.97. The maximum absolute atomic E-state index is 12.4. The van der Waals surface area contributed by atoms with Crippen molar-refractivity contribution in [2.24, 2.45) is 0 Å². The van der Waals surface area contributed by atoms with Gasteiger partial charge in [-0.15, -0.1) is 0 Å². The number of carbonyl (C=O) groups is 2. The van der Waals surface area contributed by atoms with E-state index in [9.17, 15) is 27.9 Å². The number of esters is 1. The molecule has 0 bridgehead atoms. The van der Waals surface area contributed by atoms with Crippen LogP contribution < -0.4 is 20.9 Å². The first kappa shape index (κ1) is 27.1. The quantitative estimate of drug-likeness (QED) is 0.141. The second kappa shape index (κ2) is 12.0. The smallest absolute Gasteiger partial charge is 0.422 e. The molecular weight excluding hydrogens is 489 g/mol. The molecule has 3 aromatic rings. The summed E-state index contributed by atoms with van der Waals surface area (Å²) in [5.74, 6) is -1.61. The zero-order chi connectivity index (χ0) is 27.0. The number of rotatable bonds is 10. The summed E-state index contributed by atoms with van der Waals surface area (Å²) < 4.78 is 46.7. The minimum atomic E-state index is -4.46. The molecule has 0 saturated carbocycles. The molecule has 0 radical (unpaired) electrons. The van der Waals surface area contributed by atoms with Crippen LogP contribution in [0.1, 0.15) is 34.3 Å². The Hall–Kier alpha value is -4.47. The van der Waals surface area contributed by atoms with E-state index in [1.807, 2.05) is 12.1 Å². The molecule has 0 aliphatic carbocycles. The number of alkyl halides is 3. The summed E-state index contributed by atoms with van der Waals surface area (Å²) in [4.78, 5) is 23.7. The van der Waals surface area contributed by atoms with Gasteiger partial charge in [0.05, 0.1) is 5.56 Å². The molecule has 0 aromatic heterocycles. The van der Waals surface area contributed by atoms with Gasteiger partial charge in [0, 0.05) is 17.5 Å². The van der Waals surface area contributed by atoms with Gasteiger partial charge in [0.1, 0.15) is 11.5 Å². The molecule has 3 rings (SSSR count). The van der Waals surface area contributed by atoms with Gasteiger partial charge in [-0.05, 0) is 90.6 Å². The third kappa shape index (κ3) is 8.92. The van der Waals surface area contributed by atoms with E-state index in [1.165, 1.54) is 36.4 Å². The zero-order valence-electron chi connectivity index (χ0n) is 19.6. The number of halogens is 3. The Kier molecular flexibility index (Phi) is 8.78. The van der Waals surface area contributed by atoms with Crippen LogP contribution in [0.15, 0.2) is 72.8 Å². The number of aliphatic carboxylic acids is 1. The SMILES string of the molecule is Nc1cc(N)cc(CCC/C(=C\C(=O)O)c2ccc(OC(=O)c3ccc(OCC(F)(F)F)cc3)cc2)c1. The van der Waals surface area contributed by atoms with E-state index < -0.39 is 24.7 Å². The third-order valence-electron chi connectivity index (χ3n) is 5.17. The van der Waals surface area contributed by atoms with Crippen LogP contribution in [0.25, 0.3) is 5.57 Å². The van der Waals surface area contributed by atoms with Gasteiger partial charge < -0.3 is 26.0 Å². The third-order valence-corrected chi connectivity index (χ3v) is 5.17. The molecule has 37 heavy (non-hydrogen) atoms. The standard InChI is InChI=1S/C27H25F3N2O5/c28-27(29,30)16-36-23-8-6-19(7-9-23)26(35)37-24-10-4-18(5-11-24)20(14-25(33)34)3-1-2-17-12-21(31)15-22(32)13-17/h4-15H,1-3,16,31-32H2,(H,33,34)/b20-14+. The fourth-order valence-corrected chi connectivity index (χ4v) is 3.58. The fraction of sp³-hybridized carbons (Fsp3) is 0.185. The fourth-order valence-electron chi connectivity index (χ4n) is 3.58. The molecule has 0 atom stereocenters. The van der Waals surface area contributed by atoms with Gasteiger partial charge in [-0.25, -0.2) is 9.59 Å². The van der Waals surface area contributed by atoms with Gasteiger partial charge in [-0.2, -0.15) is 13.2 Å². The van der Waals surface area contributed by atoms with Gasteiger partial charge >= 0.3 is 18.1 Å². The molecule has 0 fully saturated rings. The number of nitrogens with two attached hydrogens (primary N) is 2. The highest BCUT2D eigenvalue weighted by Gasteiger charge is 2.28. The van der Waals surface area contributed by atoms with Crippen molar-refractivity contribution in [2.45, 2.75) is 25.4 Å². The molecule has 7 nitrogen and oxygen atoms in total. The second-order valence-electron chi connectivity index (χ2n) is 8.21. The number of nitrogen functional groups attached to an aromatic ring is 2. The number of hydrogen-bond acceptors (Lipinski definition) is 6. The first-order valence-corrected chi connectivity index (χ1v) is 11.2. The summed E-state index contributed by atoms with van der Waals surface area (Å²) in [7, 11) is 0. The number of anilines is 2. The van der Waals surface area contributed by atoms with Crippen molar-refractivity contribution in [1.29, 1.82) is 0 Å². The van der Waals surface area contributed by atoms with Gasteiger partial charge in [0.15, 0.2) is 6.61 Å². The van der Waals surface area contributed by atoms with Crippen LogP contribution >= 0.6 is 0 Å². The molecule has 0 spiro atoms. The Morgan fingerprint density at radius 3 is 2.00 bits per heavy atom. The van der Waals surface area contributed by atoms with E-state index in [2.05, 4.69) is 4.74 Å². The number of allylic oxidation sites excluding steroid dienone is 1. The lowest BCUT2D eigenvalue weighted by Crippen LogP contribution is -2.19. The normalized spacial score (nSPS) is 11.7. The maximum atomic E-state index is 12.4. The Morgan fingerprint density at radius 1 is 0.865 bits per heavy atom. The highest BCUT2D eigenvalue weighted by molar-refractivity contribution is 5.92. The van der Waals surface area contributed by atoms with E-state index >= 15 is 0 Å². The molecule has 0 aliphatic rings. The summed E-state index contributed by atoms with van der Waals surface area (Å²) in [6, 6.07) is 16.7. The van der Waals surface area contributed by atoms with E-state index in [-0.39, 0.29) is 17.1 Å². The van der Waals surface area contributed by atoms with Gasteiger partial charge in [-0.1, -0.05) is 12.1 Å². The topological polar surface area (TPSA) is 125 Å². The maximum Gasteiger partial charge on any atom is 0.422 e. The van der Waals surface area contributed by atoms with Crippen LogP contribution in [0.3, 0.4) is 0 Å². The number of hydrogen-bond donors (Lipinski definition) is 3. The molecule has 10 heteroatoms. The lowest BCUT2D eigenvalue weighted by molar-refractivity contribution is -0.153. The second-order valence-corrected chi connectivity index (χ2v) is 8.21. The summed E-state index contributed by atoms with van der Waals surface area (Å²) >= 11 is 0. The van der Waals surface area contributed by atoms with Crippen molar-refractivity contribution < 1.29 is 37.3 Å². The number of carboxylic acid groups (broad SMARTS) is 1. The van der Waals surface area contributed by atoms with E-state index in [1.54, 1.807) is 18.2 Å². The molecule has 194 valence electrons. The summed E-state index contributed by atoms with van der Waals surface area (Å²) in [6.07, 6.45) is -1.54. The van der Waals surface area contributed by atoms with Gasteiger partial charge in [-0.3, -0.25) is 0 Å². The minimum absolute atomic E-state index is 0.0322. The van der Waals surface area contributed by atoms with Gasteiger partial charge in [0.25, 0.3) is 0 Å². The zero-order valence-corrected chi connectivity index (χ0v) is 19.6. The summed E-state index contributed by atoms with van der Waals surface area (Å²) in [5, 5.41) is 9.28. The Labute approximate surface area is 211 Å². The van der Waals surface area contributed by atoms with Crippen LogP contribution in [0.5, 0.6) is 11.5 Å². The highest BCUT2D eigenvalue weighted by Crippen LogP contribution is 2.25. The van der Waals surface area contributed by atoms with Crippen LogP contribution in [-0.2, 0) is 11.2 Å². The van der Waals surface area contributed by atoms with Crippen molar-refractivity contribution in [3.63, 3.8) is 0 Å². The molecule has 0 amide bonds. The largest absolute Gasteiger partial charge is 0.484 e. The first-order chi connectivity index (χ1) is 17.5. The number of aryl methyl sites for hydroxylation is 1. The van der Waals surface area contributed by atoms with E-state index in [4.69, 9.17) is 16.2 Å². The number of carboxylic acids is 1. The molecule has 0 saturated heterocycles. The van der Waals surface area contributed by atoms with Gasteiger partial charge in [0.2, 0.25) is 0 Å². The van der Waals surface area contributed by atoms with Crippen LogP contribution in [0.2, 0.25) is 0 Å². The Bertz CT molecular complexity index is 1250. The monoisotopic (exact) mass is 514 g/mol. The number of benzene rings is 3. The molecule has 3 aromatic carbocycles. The predicted molar refractivity (Wildman–Crippen MR) is 133 cm³/mol. The average Bonchev–Trinajstić information content (AvgIpc) is 2.81. The van der Waals surface area contributed by atoms with Crippen LogP contribution in [0.4, 0.5) is 24.5 Å².